The lowest BCUT2D eigenvalue weighted by Gasteiger charge is -2.15. The van der Waals surface area contributed by atoms with Crippen molar-refractivity contribution in [1.82, 2.24) is 10.6 Å². The van der Waals surface area contributed by atoms with E-state index in [0.717, 1.165) is 31.0 Å². The van der Waals surface area contributed by atoms with Gasteiger partial charge in [0.15, 0.2) is 12.6 Å². The van der Waals surface area contributed by atoms with E-state index < -0.39 is 5.91 Å². The van der Waals surface area contributed by atoms with Gasteiger partial charge < -0.3 is 21.1 Å². The van der Waals surface area contributed by atoms with Crippen LogP contribution in [0.1, 0.15) is 44.6 Å². The van der Waals surface area contributed by atoms with Gasteiger partial charge in [-0.25, -0.2) is 4.99 Å². The summed E-state index contributed by atoms with van der Waals surface area (Å²) in [7, 11) is 0. The molecule has 6 nitrogen and oxygen atoms in total. The Morgan fingerprint density at radius 2 is 2.15 bits per heavy atom. The van der Waals surface area contributed by atoms with Crippen molar-refractivity contribution in [2.24, 2.45) is 10.7 Å². The molecule has 0 radical (unpaired) electrons. The van der Waals surface area contributed by atoms with Crippen LogP contribution in [0.25, 0.3) is 0 Å². The van der Waals surface area contributed by atoms with E-state index in [0.29, 0.717) is 12.3 Å². The highest BCUT2D eigenvalue weighted by molar-refractivity contribution is 14.0. The van der Waals surface area contributed by atoms with Gasteiger partial charge in [0.1, 0.15) is 5.75 Å². The first-order chi connectivity index (χ1) is 12.7. The number of hydrogen-bond donors (Lipinski definition) is 3. The molecule has 0 heterocycles. The molecule has 1 aromatic carbocycles. The molecule has 0 unspecified atom stereocenters. The average molecular weight is 486 g/mol. The first kappa shape index (κ1) is 23.3. The number of carbonyl (C=O) groups excluding carboxylic acids is 1. The largest absolute Gasteiger partial charge is 0.484 e. The number of aliphatic imine (C=N–C) groups is 1. The van der Waals surface area contributed by atoms with Gasteiger partial charge in [0, 0.05) is 13.1 Å². The fourth-order valence-electron chi connectivity index (χ4n) is 2.87. The standard InChI is InChI=1S/C20H30N4O2.HI/c1-2-22-20(23-12-11-16-7-4-3-5-8-16)24-14-17-9-6-10-18(13-17)26-15-19(21)25;/h6-7,9-10,13H,2-5,8,11-12,14-15H2,1H3,(H2,21,25)(H2,22,23,24);1H. The minimum Gasteiger partial charge on any atom is -0.484 e. The molecule has 0 saturated heterocycles. The second-order valence-electron chi connectivity index (χ2n) is 6.38. The van der Waals surface area contributed by atoms with E-state index in [1.54, 1.807) is 11.6 Å². The third-order valence-electron chi connectivity index (χ3n) is 4.17. The fourth-order valence-corrected chi connectivity index (χ4v) is 2.87. The van der Waals surface area contributed by atoms with Crippen LogP contribution in [0.5, 0.6) is 5.75 Å². The number of rotatable bonds is 9. The Bertz CT molecular complexity index is 647. The molecule has 0 aliphatic heterocycles. The summed E-state index contributed by atoms with van der Waals surface area (Å²) in [6.45, 7) is 4.17. The maximum atomic E-state index is 10.8. The van der Waals surface area contributed by atoms with Gasteiger partial charge >= 0.3 is 0 Å². The lowest BCUT2D eigenvalue weighted by Crippen LogP contribution is -2.37. The molecule has 150 valence electrons. The van der Waals surface area contributed by atoms with Crippen LogP contribution in [-0.2, 0) is 11.3 Å². The van der Waals surface area contributed by atoms with Crippen molar-refractivity contribution >= 4 is 35.8 Å². The second-order valence-corrected chi connectivity index (χ2v) is 6.38. The Balaban J connectivity index is 0.00000364. The van der Waals surface area contributed by atoms with Gasteiger partial charge in [0.05, 0.1) is 6.54 Å². The Kier molecular flexibility index (Phi) is 11.6. The highest BCUT2D eigenvalue weighted by Gasteiger charge is 2.04. The molecule has 0 aromatic heterocycles. The highest BCUT2D eigenvalue weighted by atomic mass is 127. The summed E-state index contributed by atoms with van der Waals surface area (Å²) in [5.74, 6) is 0.950. The number of nitrogens with zero attached hydrogens (tertiary/aromatic N) is 1. The minimum atomic E-state index is -0.486. The summed E-state index contributed by atoms with van der Waals surface area (Å²) in [5.41, 5.74) is 7.67. The van der Waals surface area contributed by atoms with Crippen molar-refractivity contribution in [2.75, 3.05) is 19.7 Å². The Hall–Kier alpha value is -1.77. The lowest BCUT2D eigenvalue weighted by atomic mass is 9.97. The van der Waals surface area contributed by atoms with Crippen LogP contribution in [0.2, 0.25) is 0 Å². The third kappa shape index (κ3) is 9.65. The lowest BCUT2D eigenvalue weighted by molar-refractivity contribution is -0.119. The summed E-state index contributed by atoms with van der Waals surface area (Å²) in [4.78, 5) is 15.4. The molecular weight excluding hydrogens is 455 g/mol. The normalized spacial score (nSPS) is 14.0. The van der Waals surface area contributed by atoms with Gasteiger partial charge in [-0.05, 0) is 56.7 Å². The Labute approximate surface area is 179 Å². The van der Waals surface area contributed by atoms with Crippen LogP contribution < -0.4 is 21.1 Å². The zero-order valence-electron chi connectivity index (χ0n) is 16.0. The molecule has 2 rings (SSSR count). The molecule has 0 bridgehead atoms. The van der Waals surface area contributed by atoms with Gasteiger partial charge in [-0.15, -0.1) is 24.0 Å². The molecule has 4 N–H and O–H groups in total. The number of allylic oxidation sites excluding steroid dienone is 1. The summed E-state index contributed by atoms with van der Waals surface area (Å²) in [6.07, 6.45) is 8.54. The van der Waals surface area contributed by atoms with Crippen LogP contribution in [0.4, 0.5) is 0 Å². The molecular formula is C20H31IN4O2. The van der Waals surface area contributed by atoms with Crippen molar-refractivity contribution in [3.05, 3.63) is 41.5 Å². The van der Waals surface area contributed by atoms with E-state index in [4.69, 9.17) is 10.5 Å². The molecule has 7 heteroatoms. The highest BCUT2D eigenvalue weighted by Crippen LogP contribution is 2.19. The monoisotopic (exact) mass is 486 g/mol. The predicted molar refractivity (Wildman–Crippen MR) is 121 cm³/mol. The summed E-state index contributed by atoms with van der Waals surface area (Å²) < 4.78 is 5.33. The SMILES string of the molecule is CCNC(=NCc1cccc(OCC(N)=O)c1)NCCC1=CCCCC1.I. The van der Waals surface area contributed by atoms with Gasteiger partial charge in [-0.3, -0.25) is 4.79 Å². The summed E-state index contributed by atoms with van der Waals surface area (Å²) >= 11 is 0. The van der Waals surface area contributed by atoms with Crippen molar-refractivity contribution in [3.63, 3.8) is 0 Å². The average Bonchev–Trinajstić information content (AvgIpc) is 2.65. The predicted octanol–water partition coefficient (Wildman–Crippen LogP) is 3.11. The number of halogens is 1. The zero-order chi connectivity index (χ0) is 18.6. The first-order valence-electron chi connectivity index (χ1n) is 9.37. The zero-order valence-corrected chi connectivity index (χ0v) is 18.3. The number of hydrogen-bond acceptors (Lipinski definition) is 3. The summed E-state index contributed by atoms with van der Waals surface area (Å²) in [5, 5.41) is 6.67. The smallest absolute Gasteiger partial charge is 0.255 e. The van der Waals surface area contributed by atoms with E-state index in [9.17, 15) is 4.79 Å². The Morgan fingerprint density at radius 1 is 1.30 bits per heavy atom. The van der Waals surface area contributed by atoms with Gasteiger partial charge in [0.25, 0.3) is 5.91 Å². The third-order valence-corrected chi connectivity index (χ3v) is 4.17. The van der Waals surface area contributed by atoms with E-state index >= 15 is 0 Å². The van der Waals surface area contributed by atoms with Crippen LogP contribution in [0.15, 0.2) is 40.9 Å². The number of benzene rings is 1. The molecule has 1 amide bonds. The topological polar surface area (TPSA) is 88.7 Å². The number of nitrogens with two attached hydrogens (primary N) is 1. The number of primary amides is 1. The second kappa shape index (κ2) is 13.4. The van der Waals surface area contributed by atoms with Crippen LogP contribution in [-0.4, -0.2) is 31.6 Å². The van der Waals surface area contributed by atoms with E-state index in [1.807, 2.05) is 18.2 Å². The van der Waals surface area contributed by atoms with E-state index in [2.05, 4.69) is 28.6 Å². The number of carbonyl (C=O) groups is 1. The van der Waals surface area contributed by atoms with Crippen molar-refractivity contribution in [2.45, 2.75) is 45.6 Å². The quantitative estimate of drug-likeness (QED) is 0.217. The maximum Gasteiger partial charge on any atom is 0.255 e. The molecule has 27 heavy (non-hydrogen) atoms. The summed E-state index contributed by atoms with van der Waals surface area (Å²) in [6, 6.07) is 7.55. The molecule has 1 aliphatic carbocycles. The van der Waals surface area contributed by atoms with Gasteiger partial charge in [0.2, 0.25) is 0 Å². The van der Waals surface area contributed by atoms with Crippen molar-refractivity contribution in [1.29, 1.82) is 0 Å². The number of amides is 1. The Morgan fingerprint density at radius 3 is 2.85 bits per heavy atom. The van der Waals surface area contributed by atoms with Gasteiger partial charge in [-0.2, -0.15) is 0 Å². The van der Waals surface area contributed by atoms with Crippen LogP contribution in [0.3, 0.4) is 0 Å². The minimum absolute atomic E-state index is 0. The van der Waals surface area contributed by atoms with Crippen molar-refractivity contribution in [3.8, 4) is 5.75 Å². The maximum absolute atomic E-state index is 10.8. The molecule has 1 aromatic rings. The molecule has 1 aliphatic rings. The number of guanidine groups is 1. The van der Waals surface area contributed by atoms with Crippen LogP contribution in [0, 0.1) is 0 Å². The number of ether oxygens (including phenoxy) is 1. The number of nitrogens with one attached hydrogen (secondary N) is 2. The van der Waals surface area contributed by atoms with E-state index in [1.165, 1.54) is 25.7 Å². The van der Waals surface area contributed by atoms with Crippen molar-refractivity contribution < 1.29 is 9.53 Å². The first-order valence-corrected chi connectivity index (χ1v) is 9.37. The molecule has 0 atom stereocenters. The van der Waals surface area contributed by atoms with Gasteiger partial charge in [-0.1, -0.05) is 23.8 Å². The molecule has 0 spiro atoms. The fraction of sp³-hybridized carbons (Fsp3) is 0.500. The van der Waals surface area contributed by atoms with Crippen LogP contribution >= 0.6 is 24.0 Å². The molecule has 0 fully saturated rings. The van der Waals surface area contributed by atoms with E-state index in [-0.39, 0.29) is 30.6 Å². The molecule has 0 saturated carbocycles.